The van der Waals surface area contributed by atoms with Crippen molar-refractivity contribution in [3.63, 3.8) is 0 Å². The highest BCUT2D eigenvalue weighted by Gasteiger charge is 2.44. The van der Waals surface area contributed by atoms with Crippen LogP contribution < -0.4 is 14.8 Å². The molecule has 2 aromatic carbocycles. The fourth-order valence-corrected chi connectivity index (χ4v) is 3.84. The maximum absolute atomic E-state index is 12.6. The van der Waals surface area contributed by atoms with Crippen LogP contribution in [0, 0.1) is 0 Å². The minimum Gasteiger partial charge on any atom is -0.448 e. The Morgan fingerprint density at radius 1 is 1.15 bits per heavy atom. The van der Waals surface area contributed by atoms with Crippen LogP contribution in [0.25, 0.3) is 11.0 Å². The number of fused-ring (bicyclic) bond motifs is 2. The van der Waals surface area contributed by atoms with Crippen molar-refractivity contribution in [3.05, 3.63) is 42.0 Å². The number of nitrogens with zero attached hydrogens (tertiary/aromatic N) is 3. The molecule has 7 heteroatoms. The van der Waals surface area contributed by atoms with Gasteiger partial charge in [0.05, 0.1) is 5.52 Å². The van der Waals surface area contributed by atoms with E-state index in [0.29, 0.717) is 22.5 Å². The summed E-state index contributed by atoms with van der Waals surface area (Å²) in [6.45, 7) is 2.74. The number of nitrogens with one attached hydrogen (secondary N) is 1. The molecule has 1 spiro atoms. The van der Waals surface area contributed by atoms with Gasteiger partial charge in [-0.2, -0.15) is 0 Å². The molecular weight excluding hydrogens is 344 g/mol. The van der Waals surface area contributed by atoms with Crippen molar-refractivity contribution in [1.82, 2.24) is 15.0 Å². The van der Waals surface area contributed by atoms with E-state index in [0.717, 1.165) is 43.5 Å². The van der Waals surface area contributed by atoms with Gasteiger partial charge in [-0.15, -0.1) is 5.10 Å². The maximum atomic E-state index is 12.6. The van der Waals surface area contributed by atoms with Crippen molar-refractivity contribution in [3.8, 4) is 11.5 Å². The molecular formula is C20H20N4O3. The third kappa shape index (κ3) is 2.70. The SMILES string of the molecule is CCn1nnc2cc(C(=O)Nc3ccc4c(c3)OC3(CCCC3)O4)ccc21. The topological polar surface area (TPSA) is 78.3 Å². The van der Waals surface area contributed by atoms with Gasteiger partial charge in [-0.05, 0) is 50.1 Å². The molecule has 27 heavy (non-hydrogen) atoms. The fourth-order valence-electron chi connectivity index (χ4n) is 3.84. The Labute approximate surface area is 156 Å². The molecule has 0 unspecified atom stereocenters. The zero-order valence-corrected chi connectivity index (χ0v) is 15.1. The number of hydrogen-bond donors (Lipinski definition) is 1. The number of carbonyl (C=O) groups excluding carboxylic acids is 1. The van der Waals surface area contributed by atoms with Crippen LogP contribution in [0.4, 0.5) is 5.69 Å². The summed E-state index contributed by atoms with van der Waals surface area (Å²) in [6, 6.07) is 10.9. The van der Waals surface area contributed by atoms with Crippen molar-refractivity contribution in [1.29, 1.82) is 0 Å². The van der Waals surface area contributed by atoms with Crippen LogP contribution in [0.1, 0.15) is 43.0 Å². The average Bonchev–Trinajstić information content (AvgIpc) is 3.39. The molecule has 138 valence electrons. The first kappa shape index (κ1) is 16.1. The number of aromatic nitrogens is 3. The monoisotopic (exact) mass is 364 g/mol. The zero-order chi connectivity index (χ0) is 18.4. The first-order valence-electron chi connectivity index (χ1n) is 9.32. The van der Waals surface area contributed by atoms with Crippen LogP contribution in [0.2, 0.25) is 0 Å². The summed E-state index contributed by atoms with van der Waals surface area (Å²) in [5, 5.41) is 11.1. The lowest BCUT2D eigenvalue weighted by Crippen LogP contribution is -2.34. The van der Waals surface area contributed by atoms with E-state index in [2.05, 4.69) is 15.6 Å². The maximum Gasteiger partial charge on any atom is 0.255 e. The van der Waals surface area contributed by atoms with Crippen LogP contribution in [0.5, 0.6) is 11.5 Å². The van der Waals surface area contributed by atoms with Gasteiger partial charge in [-0.1, -0.05) is 5.21 Å². The van der Waals surface area contributed by atoms with Gasteiger partial charge >= 0.3 is 0 Å². The van der Waals surface area contributed by atoms with E-state index in [-0.39, 0.29) is 5.91 Å². The highest BCUT2D eigenvalue weighted by Crippen LogP contribution is 2.47. The van der Waals surface area contributed by atoms with Crippen molar-refractivity contribution in [2.24, 2.45) is 0 Å². The fraction of sp³-hybridized carbons (Fsp3) is 0.350. The molecule has 0 atom stereocenters. The highest BCUT2D eigenvalue weighted by atomic mass is 16.7. The summed E-state index contributed by atoms with van der Waals surface area (Å²) in [4.78, 5) is 12.6. The molecule has 0 saturated heterocycles. The molecule has 2 aliphatic rings. The first-order chi connectivity index (χ1) is 13.2. The number of hydrogen-bond acceptors (Lipinski definition) is 5. The molecule has 3 aromatic rings. The molecule has 1 N–H and O–H groups in total. The van der Waals surface area contributed by atoms with E-state index in [9.17, 15) is 4.79 Å². The Bertz CT molecular complexity index is 1040. The van der Waals surface area contributed by atoms with E-state index in [1.807, 2.05) is 31.2 Å². The van der Waals surface area contributed by atoms with Gasteiger partial charge in [0, 0.05) is 36.7 Å². The van der Waals surface area contributed by atoms with E-state index in [1.165, 1.54) is 0 Å². The van der Waals surface area contributed by atoms with Crippen LogP contribution in [0.3, 0.4) is 0 Å². The van der Waals surface area contributed by atoms with E-state index >= 15 is 0 Å². The van der Waals surface area contributed by atoms with Crippen LogP contribution in [-0.4, -0.2) is 26.7 Å². The van der Waals surface area contributed by atoms with E-state index in [4.69, 9.17) is 9.47 Å². The van der Waals surface area contributed by atoms with Crippen molar-refractivity contribution < 1.29 is 14.3 Å². The molecule has 1 fully saturated rings. The predicted octanol–water partition coefficient (Wildman–Crippen LogP) is 3.75. The van der Waals surface area contributed by atoms with Gasteiger partial charge in [-0.25, -0.2) is 4.68 Å². The standard InChI is InChI=1S/C20H20N4O3/c1-2-24-16-7-5-13(11-15(16)22-23-24)19(25)21-14-6-8-17-18(12-14)27-20(26-17)9-3-4-10-20/h5-8,11-12H,2-4,9-10H2,1H3,(H,21,25). The molecule has 1 amide bonds. The van der Waals surface area contributed by atoms with Crippen molar-refractivity contribution in [2.75, 3.05) is 5.32 Å². The van der Waals surface area contributed by atoms with Gasteiger partial charge in [0.15, 0.2) is 11.5 Å². The molecule has 7 nitrogen and oxygen atoms in total. The molecule has 1 saturated carbocycles. The summed E-state index contributed by atoms with van der Waals surface area (Å²) >= 11 is 0. The minimum atomic E-state index is -0.499. The number of anilines is 1. The summed E-state index contributed by atoms with van der Waals surface area (Å²) in [6.07, 6.45) is 4.04. The lowest BCUT2D eigenvalue weighted by Gasteiger charge is -2.21. The van der Waals surface area contributed by atoms with Gasteiger partial charge in [0.1, 0.15) is 5.52 Å². The second kappa shape index (κ2) is 5.97. The lowest BCUT2D eigenvalue weighted by molar-refractivity contribution is -0.0716. The minimum absolute atomic E-state index is 0.197. The third-order valence-electron chi connectivity index (χ3n) is 5.23. The van der Waals surface area contributed by atoms with Gasteiger partial charge < -0.3 is 14.8 Å². The van der Waals surface area contributed by atoms with Crippen LogP contribution in [0.15, 0.2) is 36.4 Å². The van der Waals surface area contributed by atoms with Gasteiger partial charge in [-0.3, -0.25) is 4.79 Å². The Morgan fingerprint density at radius 2 is 1.96 bits per heavy atom. The third-order valence-corrected chi connectivity index (χ3v) is 5.23. The quantitative estimate of drug-likeness (QED) is 0.766. The highest BCUT2D eigenvalue weighted by molar-refractivity contribution is 6.06. The number of carbonyl (C=O) groups is 1. The summed E-state index contributed by atoms with van der Waals surface area (Å²) in [5.41, 5.74) is 2.84. The summed E-state index contributed by atoms with van der Waals surface area (Å²) in [7, 11) is 0. The second-order valence-electron chi connectivity index (χ2n) is 7.05. The Hall–Kier alpha value is -3.09. The second-order valence-corrected chi connectivity index (χ2v) is 7.05. The Kier molecular flexibility index (Phi) is 3.56. The van der Waals surface area contributed by atoms with Crippen molar-refractivity contribution >= 4 is 22.6 Å². The van der Waals surface area contributed by atoms with Crippen LogP contribution in [-0.2, 0) is 6.54 Å². The molecule has 5 rings (SSSR count). The molecule has 1 aromatic heterocycles. The smallest absolute Gasteiger partial charge is 0.255 e. The summed E-state index contributed by atoms with van der Waals surface area (Å²) < 4.78 is 13.9. The molecule has 0 bridgehead atoms. The lowest BCUT2D eigenvalue weighted by atomic mass is 10.1. The number of benzene rings is 2. The van der Waals surface area contributed by atoms with Gasteiger partial charge in [0.25, 0.3) is 11.7 Å². The van der Waals surface area contributed by atoms with Gasteiger partial charge in [0.2, 0.25) is 0 Å². The number of ether oxygens (including phenoxy) is 2. The van der Waals surface area contributed by atoms with E-state index < -0.39 is 5.79 Å². The summed E-state index contributed by atoms with van der Waals surface area (Å²) in [5.74, 6) is 0.738. The molecule has 2 heterocycles. The Balaban J connectivity index is 1.36. The van der Waals surface area contributed by atoms with E-state index in [1.54, 1.807) is 16.8 Å². The number of rotatable bonds is 3. The van der Waals surface area contributed by atoms with Crippen molar-refractivity contribution in [2.45, 2.75) is 44.9 Å². The molecule has 0 radical (unpaired) electrons. The number of amides is 1. The predicted molar refractivity (Wildman–Crippen MR) is 100 cm³/mol. The Morgan fingerprint density at radius 3 is 2.78 bits per heavy atom. The largest absolute Gasteiger partial charge is 0.448 e. The molecule has 1 aliphatic heterocycles. The average molecular weight is 364 g/mol. The normalized spacial score (nSPS) is 16.9. The zero-order valence-electron chi connectivity index (χ0n) is 15.1. The molecule has 1 aliphatic carbocycles. The van der Waals surface area contributed by atoms with Crippen LogP contribution >= 0.6 is 0 Å². The number of aryl methyl sites for hydroxylation is 1. The first-order valence-corrected chi connectivity index (χ1v) is 9.32.